The fourth-order valence-electron chi connectivity index (χ4n) is 4.65. The Morgan fingerprint density at radius 3 is 2.39 bits per heavy atom. The number of carbonyl (C=O) groups excluding carboxylic acids is 1. The van der Waals surface area contributed by atoms with Crippen LogP contribution in [0.25, 0.3) is 10.4 Å². The van der Waals surface area contributed by atoms with Gasteiger partial charge in [-0.15, -0.1) is 11.3 Å². The minimum atomic E-state index is -1.00. The highest BCUT2D eigenvalue weighted by atomic mass is 32.1. The van der Waals surface area contributed by atoms with Gasteiger partial charge in [0.2, 0.25) is 5.91 Å². The molecule has 0 aliphatic carbocycles. The van der Waals surface area contributed by atoms with E-state index < -0.39 is 18.1 Å². The summed E-state index contributed by atoms with van der Waals surface area (Å²) >= 11 is 1.54. The van der Waals surface area contributed by atoms with E-state index in [1.807, 2.05) is 45.5 Å². The number of aryl methyl sites for hydroxylation is 2. The maximum Gasteiger partial charge on any atom is 0.305 e. The second-order valence-electron chi connectivity index (χ2n) is 10.7. The molecule has 0 radical (unpaired) electrons. The lowest BCUT2D eigenvalue weighted by molar-refractivity contribution is -0.138. The molecule has 1 amide bonds. The van der Waals surface area contributed by atoms with E-state index in [1.54, 1.807) is 12.3 Å². The van der Waals surface area contributed by atoms with Gasteiger partial charge >= 0.3 is 5.97 Å². The predicted octanol–water partition coefficient (Wildman–Crippen LogP) is 5.22. The van der Waals surface area contributed by atoms with E-state index in [4.69, 9.17) is 0 Å². The Labute approximate surface area is 229 Å². The van der Waals surface area contributed by atoms with E-state index in [0.29, 0.717) is 6.42 Å². The van der Waals surface area contributed by atoms with Crippen LogP contribution in [0.3, 0.4) is 0 Å². The van der Waals surface area contributed by atoms with Crippen LogP contribution >= 0.6 is 11.3 Å². The molecule has 2 atom stereocenters. The monoisotopic (exact) mass is 537 g/mol. The summed E-state index contributed by atoms with van der Waals surface area (Å²) in [4.78, 5) is 41.4. The second-order valence-corrected chi connectivity index (χ2v) is 11.6. The van der Waals surface area contributed by atoms with E-state index in [2.05, 4.69) is 36.2 Å². The molecule has 8 heteroatoms. The standard InChI is InChI=1S/C30H39N3O4S/c1-19(2)14-25(33-17-22(10-11-27(33)34)12-13-32(5)6)30(37)31-24(16-28(35)36)23-15-26(38-18-23)29-20(3)8-7-9-21(29)4/h7-11,15,17-19,24-25H,12-14,16H2,1-6H3,(H,31,37)(H,35,36)/t24-,25-/m1/s1. The fraction of sp³-hybridized carbons (Fsp3) is 0.433. The molecule has 2 aromatic heterocycles. The highest BCUT2D eigenvalue weighted by molar-refractivity contribution is 7.13. The lowest BCUT2D eigenvalue weighted by Crippen LogP contribution is -2.40. The van der Waals surface area contributed by atoms with Crippen molar-refractivity contribution in [3.05, 3.63) is 80.6 Å². The first-order valence-corrected chi connectivity index (χ1v) is 13.9. The van der Waals surface area contributed by atoms with Crippen molar-refractivity contribution >= 4 is 23.2 Å². The van der Waals surface area contributed by atoms with Crippen molar-refractivity contribution in [1.29, 1.82) is 0 Å². The van der Waals surface area contributed by atoms with Crippen LogP contribution in [0.5, 0.6) is 0 Å². The molecule has 0 unspecified atom stereocenters. The van der Waals surface area contributed by atoms with Gasteiger partial charge in [0.05, 0.1) is 12.5 Å². The molecule has 3 rings (SSSR count). The number of carbonyl (C=O) groups is 2. The third-order valence-electron chi connectivity index (χ3n) is 6.63. The molecule has 38 heavy (non-hydrogen) atoms. The maximum absolute atomic E-state index is 13.7. The number of hydrogen-bond acceptors (Lipinski definition) is 5. The third-order valence-corrected chi connectivity index (χ3v) is 7.59. The number of thiophene rings is 1. The number of pyridine rings is 1. The first kappa shape index (κ1) is 29.3. The van der Waals surface area contributed by atoms with Crippen LogP contribution < -0.4 is 10.9 Å². The van der Waals surface area contributed by atoms with Gasteiger partial charge in [0, 0.05) is 23.7 Å². The quantitative estimate of drug-likeness (QED) is 0.331. The summed E-state index contributed by atoms with van der Waals surface area (Å²) in [5.41, 5.74) is 4.88. The summed E-state index contributed by atoms with van der Waals surface area (Å²) in [6, 6.07) is 9.96. The van der Waals surface area contributed by atoms with Crippen molar-refractivity contribution < 1.29 is 14.7 Å². The first-order chi connectivity index (χ1) is 18.0. The Bertz CT molecular complexity index is 1300. The van der Waals surface area contributed by atoms with Gasteiger partial charge in [0.1, 0.15) is 6.04 Å². The van der Waals surface area contributed by atoms with Crippen molar-refractivity contribution in [2.45, 2.75) is 59.0 Å². The van der Waals surface area contributed by atoms with Gasteiger partial charge in [0.25, 0.3) is 5.56 Å². The third kappa shape index (κ3) is 7.65. The number of likely N-dealkylation sites (N-methyl/N-ethyl adjacent to an activating group) is 1. The summed E-state index contributed by atoms with van der Waals surface area (Å²) in [5.74, 6) is -1.20. The van der Waals surface area contributed by atoms with Crippen LogP contribution in [0, 0.1) is 19.8 Å². The van der Waals surface area contributed by atoms with Crippen molar-refractivity contribution in [1.82, 2.24) is 14.8 Å². The molecule has 0 aliphatic heterocycles. The van der Waals surface area contributed by atoms with Gasteiger partial charge < -0.3 is 19.9 Å². The van der Waals surface area contributed by atoms with Crippen molar-refractivity contribution in [3.63, 3.8) is 0 Å². The summed E-state index contributed by atoms with van der Waals surface area (Å²) in [6.07, 6.45) is 2.73. The second kappa shape index (κ2) is 13.0. The number of aliphatic carboxylic acids is 1. The smallest absolute Gasteiger partial charge is 0.305 e. The van der Waals surface area contributed by atoms with Gasteiger partial charge in [-0.25, -0.2) is 0 Å². The number of amides is 1. The number of aromatic nitrogens is 1. The molecular weight excluding hydrogens is 498 g/mol. The zero-order valence-electron chi connectivity index (χ0n) is 23.2. The summed E-state index contributed by atoms with van der Waals surface area (Å²) in [7, 11) is 3.98. The molecule has 0 spiro atoms. The van der Waals surface area contributed by atoms with Crippen molar-refractivity contribution in [2.24, 2.45) is 5.92 Å². The number of nitrogens with zero attached hydrogens (tertiary/aromatic N) is 2. The average Bonchev–Trinajstić information content (AvgIpc) is 3.31. The molecule has 0 bridgehead atoms. The average molecular weight is 538 g/mol. The highest BCUT2D eigenvalue weighted by Gasteiger charge is 2.27. The lowest BCUT2D eigenvalue weighted by atomic mass is 9.98. The SMILES string of the molecule is Cc1cccc(C)c1-c1cc([C@@H](CC(=O)O)NC(=O)[C@@H](CC(C)C)n2cc(CCN(C)C)ccc2=O)cs1. The number of carboxylic acids is 1. The van der Waals surface area contributed by atoms with Gasteiger partial charge in [-0.2, -0.15) is 0 Å². The normalized spacial score (nSPS) is 13.1. The summed E-state index contributed by atoms with van der Waals surface area (Å²) < 4.78 is 1.51. The molecule has 0 aliphatic rings. The van der Waals surface area contributed by atoms with Crippen LogP contribution in [-0.2, 0) is 16.0 Å². The molecule has 1 aromatic carbocycles. The van der Waals surface area contributed by atoms with Gasteiger partial charge in [-0.05, 0) is 86.0 Å². The van der Waals surface area contributed by atoms with Crippen LogP contribution in [0.15, 0.2) is 52.8 Å². The molecule has 0 saturated carbocycles. The topological polar surface area (TPSA) is 91.6 Å². The van der Waals surface area contributed by atoms with Crippen molar-refractivity contribution in [2.75, 3.05) is 20.6 Å². The first-order valence-electron chi connectivity index (χ1n) is 13.0. The van der Waals surface area contributed by atoms with E-state index in [1.165, 1.54) is 22.0 Å². The molecule has 2 N–H and O–H groups in total. The molecule has 204 valence electrons. The molecular formula is C30H39N3O4S. The van der Waals surface area contributed by atoms with Crippen LogP contribution in [0.2, 0.25) is 0 Å². The Morgan fingerprint density at radius 1 is 1.11 bits per heavy atom. The van der Waals surface area contributed by atoms with Gasteiger partial charge in [0.15, 0.2) is 0 Å². The Hall–Kier alpha value is -3.23. The van der Waals surface area contributed by atoms with Crippen LogP contribution in [0.1, 0.15) is 61.0 Å². The maximum atomic E-state index is 13.7. The number of rotatable bonds is 12. The molecule has 0 fully saturated rings. The molecule has 2 heterocycles. The van der Waals surface area contributed by atoms with Crippen LogP contribution in [0.4, 0.5) is 0 Å². The molecule has 3 aromatic rings. The Balaban J connectivity index is 1.93. The number of hydrogen-bond donors (Lipinski definition) is 2. The van der Waals surface area contributed by atoms with E-state index in [0.717, 1.165) is 45.7 Å². The highest BCUT2D eigenvalue weighted by Crippen LogP contribution is 2.35. The lowest BCUT2D eigenvalue weighted by Gasteiger charge is -2.25. The van der Waals surface area contributed by atoms with Crippen molar-refractivity contribution in [3.8, 4) is 10.4 Å². The van der Waals surface area contributed by atoms with E-state index >= 15 is 0 Å². The molecule has 0 saturated heterocycles. The largest absolute Gasteiger partial charge is 0.481 e. The number of benzene rings is 1. The zero-order chi connectivity index (χ0) is 28.0. The Kier molecular flexibility index (Phi) is 10.1. The number of nitrogens with one attached hydrogen (secondary N) is 1. The van der Waals surface area contributed by atoms with Gasteiger partial charge in [-0.1, -0.05) is 38.1 Å². The van der Waals surface area contributed by atoms with Crippen LogP contribution in [-0.4, -0.2) is 47.1 Å². The minimum Gasteiger partial charge on any atom is -0.481 e. The Morgan fingerprint density at radius 2 is 1.79 bits per heavy atom. The minimum absolute atomic E-state index is 0.151. The summed E-state index contributed by atoms with van der Waals surface area (Å²) in [6.45, 7) is 8.94. The zero-order valence-corrected chi connectivity index (χ0v) is 24.0. The number of carboxylic acid groups (broad SMARTS) is 1. The predicted molar refractivity (Wildman–Crippen MR) is 154 cm³/mol. The molecule has 7 nitrogen and oxygen atoms in total. The van der Waals surface area contributed by atoms with E-state index in [9.17, 15) is 19.5 Å². The van der Waals surface area contributed by atoms with E-state index in [-0.39, 0.29) is 23.8 Å². The van der Waals surface area contributed by atoms with Gasteiger partial charge in [-0.3, -0.25) is 14.4 Å². The summed E-state index contributed by atoms with van der Waals surface area (Å²) in [5, 5.41) is 14.5. The fourth-order valence-corrected chi connectivity index (χ4v) is 5.79.